The smallest absolute Gasteiger partial charge is 0.324 e. The van der Waals surface area contributed by atoms with E-state index in [9.17, 15) is 22.9 Å². The molecule has 1 aromatic rings. The van der Waals surface area contributed by atoms with Gasteiger partial charge in [0.15, 0.2) is 4.90 Å². The number of nitrogens with zero attached hydrogens (tertiary/aromatic N) is 1. The quantitative estimate of drug-likeness (QED) is 0.586. The number of hydrogen-bond acceptors (Lipinski definition) is 6. The molecule has 0 amide bonds. The summed E-state index contributed by atoms with van der Waals surface area (Å²) in [5.74, 6) is -1.21. The van der Waals surface area contributed by atoms with Crippen LogP contribution in [0, 0.1) is 15.9 Å². The van der Waals surface area contributed by atoms with Crippen molar-refractivity contribution in [3.05, 3.63) is 34.1 Å². The number of nitrogens with one attached hydrogen (secondary N) is 1. The van der Waals surface area contributed by atoms with Gasteiger partial charge in [0.05, 0.1) is 23.2 Å². The number of ether oxygens (including phenoxy) is 2. The molecule has 2 rings (SSSR count). The van der Waals surface area contributed by atoms with E-state index >= 15 is 0 Å². The monoisotopic (exact) mass is 348 g/mol. The minimum absolute atomic E-state index is 0.250. The van der Waals surface area contributed by atoms with Crippen LogP contribution >= 0.6 is 0 Å². The van der Waals surface area contributed by atoms with Crippen molar-refractivity contribution < 1.29 is 27.2 Å². The van der Waals surface area contributed by atoms with E-state index in [2.05, 4.69) is 4.72 Å². The Labute approximate surface area is 132 Å². The van der Waals surface area contributed by atoms with Crippen molar-refractivity contribution in [3.8, 4) is 0 Å². The summed E-state index contributed by atoms with van der Waals surface area (Å²) < 4.78 is 51.2. The van der Waals surface area contributed by atoms with Gasteiger partial charge in [-0.1, -0.05) is 6.07 Å². The van der Waals surface area contributed by atoms with E-state index < -0.39 is 43.5 Å². The number of nitro benzene ring substituents is 1. The van der Waals surface area contributed by atoms with E-state index in [0.717, 1.165) is 18.2 Å². The molecule has 1 aromatic carbocycles. The van der Waals surface area contributed by atoms with E-state index in [1.165, 1.54) is 7.11 Å². The van der Waals surface area contributed by atoms with Crippen LogP contribution in [0.3, 0.4) is 0 Å². The molecule has 1 aliphatic carbocycles. The molecule has 1 fully saturated rings. The maximum atomic E-state index is 13.6. The predicted octanol–water partition coefficient (Wildman–Crippen LogP) is 1.20. The molecule has 0 radical (unpaired) electrons. The first-order chi connectivity index (χ1) is 10.8. The zero-order valence-electron chi connectivity index (χ0n) is 12.6. The Morgan fingerprint density at radius 3 is 2.74 bits per heavy atom. The highest BCUT2D eigenvalue weighted by atomic mass is 32.2. The minimum Gasteiger partial charge on any atom is -0.377 e. The maximum absolute atomic E-state index is 13.6. The fourth-order valence-electron chi connectivity index (χ4n) is 2.54. The molecule has 0 spiro atoms. The number of nitro groups is 1. The van der Waals surface area contributed by atoms with Gasteiger partial charge in [0.2, 0.25) is 15.8 Å². The summed E-state index contributed by atoms with van der Waals surface area (Å²) in [4.78, 5) is 9.18. The van der Waals surface area contributed by atoms with Gasteiger partial charge in [-0.05, 0) is 25.5 Å². The third-order valence-corrected chi connectivity index (χ3v) is 5.15. The first-order valence-electron chi connectivity index (χ1n) is 6.91. The van der Waals surface area contributed by atoms with E-state index in [0.29, 0.717) is 13.0 Å². The SMILES string of the molecule is CCO[C@@H]1C[C@H](NS(=O)(=O)c2cccc(F)c2[N+](=O)[O-])[C@@H]1OC. The molecule has 1 aliphatic rings. The van der Waals surface area contributed by atoms with Crippen molar-refractivity contribution >= 4 is 15.7 Å². The first-order valence-corrected chi connectivity index (χ1v) is 8.39. The van der Waals surface area contributed by atoms with Crippen LogP contribution in [-0.4, -0.2) is 45.3 Å². The summed E-state index contributed by atoms with van der Waals surface area (Å²) in [6.07, 6.45) is -0.383. The summed E-state index contributed by atoms with van der Waals surface area (Å²) in [6.45, 7) is 2.26. The molecule has 23 heavy (non-hydrogen) atoms. The highest BCUT2D eigenvalue weighted by molar-refractivity contribution is 7.89. The maximum Gasteiger partial charge on any atom is 0.324 e. The van der Waals surface area contributed by atoms with Crippen molar-refractivity contribution in [2.45, 2.75) is 36.5 Å². The lowest BCUT2D eigenvalue weighted by molar-refractivity contribution is -0.390. The largest absolute Gasteiger partial charge is 0.377 e. The topological polar surface area (TPSA) is 108 Å². The molecule has 0 aromatic heterocycles. The second kappa shape index (κ2) is 6.87. The van der Waals surface area contributed by atoms with Gasteiger partial charge in [-0.3, -0.25) is 10.1 Å². The van der Waals surface area contributed by atoms with Crippen molar-refractivity contribution in [2.24, 2.45) is 0 Å². The third kappa shape index (κ3) is 3.50. The normalized spacial score (nSPS) is 24.2. The molecule has 0 bridgehead atoms. The van der Waals surface area contributed by atoms with Gasteiger partial charge < -0.3 is 9.47 Å². The fraction of sp³-hybridized carbons (Fsp3) is 0.538. The van der Waals surface area contributed by atoms with Crippen LogP contribution in [0.25, 0.3) is 0 Å². The summed E-state index contributed by atoms with van der Waals surface area (Å²) in [5.41, 5.74) is -1.07. The molecule has 1 saturated carbocycles. The lowest BCUT2D eigenvalue weighted by Crippen LogP contribution is -2.60. The molecule has 0 heterocycles. The number of sulfonamides is 1. The van der Waals surface area contributed by atoms with Crippen LogP contribution in [-0.2, 0) is 19.5 Å². The number of halogens is 1. The molecular formula is C13H17FN2O6S. The highest BCUT2D eigenvalue weighted by Gasteiger charge is 2.45. The average molecular weight is 348 g/mol. The molecule has 128 valence electrons. The summed E-state index contributed by atoms with van der Waals surface area (Å²) in [5, 5.41) is 10.9. The van der Waals surface area contributed by atoms with Crippen LogP contribution in [0.2, 0.25) is 0 Å². The van der Waals surface area contributed by atoms with Crippen LogP contribution in [0.4, 0.5) is 10.1 Å². The minimum atomic E-state index is -4.27. The Bertz CT molecular complexity index is 696. The van der Waals surface area contributed by atoms with Crippen molar-refractivity contribution in [1.29, 1.82) is 0 Å². The summed E-state index contributed by atoms with van der Waals surface area (Å²) in [7, 11) is -2.85. The van der Waals surface area contributed by atoms with Gasteiger partial charge in [0.1, 0.15) is 0 Å². The van der Waals surface area contributed by atoms with Crippen molar-refractivity contribution in [1.82, 2.24) is 4.72 Å². The van der Waals surface area contributed by atoms with Gasteiger partial charge in [0.25, 0.3) is 0 Å². The molecule has 0 aliphatic heterocycles. The first kappa shape index (κ1) is 17.7. The summed E-state index contributed by atoms with van der Waals surface area (Å²) >= 11 is 0. The van der Waals surface area contributed by atoms with E-state index in [1.807, 2.05) is 0 Å². The standard InChI is InChI=1S/C13H17FN2O6S/c1-3-22-10-7-9(13(10)21-2)15-23(19,20)11-6-4-5-8(14)12(11)16(17)18/h4-6,9-10,13,15H,3,7H2,1-2H3/t9-,10+,13-/m0/s1. The predicted molar refractivity (Wildman–Crippen MR) is 78.0 cm³/mol. The van der Waals surface area contributed by atoms with Gasteiger partial charge in [-0.2, -0.15) is 4.39 Å². The third-order valence-electron chi connectivity index (χ3n) is 3.63. The molecule has 10 heteroatoms. The van der Waals surface area contributed by atoms with E-state index in [1.54, 1.807) is 6.92 Å². The Morgan fingerprint density at radius 1 is 1.48 bits per heavy atom. The molecule has 3 atom stereocenters. The Balaban J connectivity index is 2.24. The van der Waals surface area contributed by atoms with E-state index in [-0.39, 0.29) is 6.10 Å². The van der Waals surface area contributed by atoms with Crippen LogP contribution in [0.1, 0.15) is 13.3 Å². The van der Waals surface area contributed by atoms with E-state index in [4.69, 9.17) is 9.47 Å². The van der Waals surface area contributed by atoms with Gasteiger partial charge >= 0.3 is 5.69 Å². The van der Waals surface area contributed by atoms with Gasteiger partial charge in [0, 0.05) is 13.7 Å². The number of methoxy groups -OCH3 is 1. The average Bonchev–Trinajstić information content (AvgIpc) is 2.45. The Kier molecular flexibility index (Phi) is 5.30. The molecular weight excluding hydrogens is 331 g/mol. The zero-order valence-corrected chi connectivity index (χ0v) is 13.4. The molecule has 0 unspecified atom stereocenters. The molecule has 1 N–H and O–H groups in total. The number of para-hydroxylation sites is 1. The molecule has 0 saturated heterocycles. The van der Waals surface area contributed by atoms with Crippen molar-refractivity contribution in [2.75, 3.05) is 13.7 Å². The fourth-order valence-corrected chi connectivity index (χ4v) is 3.98. The lowest BCUT2D eigenvalue weighted by atomic mass is 9.86. The lowest BCUT2D eigenvalue weighted by Gasteiger charge is -2.42. The number of rotatable bonds is 7. The van der Waals surface area contributed by atoms with Gasteiger partial charge in [-0.25, -0.2) is 13.1 Å². The Hall–Kier alpha value is -1.62. The van der Waals surface area contributed by atoms with Crippen molar-refractivity contribution in [3.63, 3.8) is 0 Å². The summed E-state index contributed by atoms with van der Waals surface area (Å²) in [6, 6.07) is 2.34. The second-order valence-electron chi connectivity index (χ2n) is 5.00. The highest BCUT2D eigenvalue weighted by Crippen LogP contribution is 2.31. The zero-order chi connectivity index (χ0) is 17.2. The number of hydrogen-bond donors (Lipinski definition) is 1. The number of benzene rings is 1. The van der Waals surface area contributed by atoms with Crippen LogP contribution in [0.15, 0.2) is 23.1 Å². The Morgan fingerprint density at radius 2 is 2.17 bits per heavy atom. The molecule has 8 nitrogen and oxygen atoms in total. The van der Waals surface area contributed by atoms with Crippen LogP contribution < -0.4 is 4.72 Å². The van der Waals surface area contributed by atoms with Crippen LogP contribution in [0.5, 0.6) is 0 Å². The second-order valence-corrected chi connectivity index (χ2v) is 6.68. The van der Waals surface area contributed by atoms with Gasteiger partial charge in [-0.15, -0.1) is 0 Å².